The van der Waals surface area contributed by atoms with Gasteiger partial charge in [0.05, 0.1) is 17.2 Å². The minimum Gasteiger partial charge on any atom is -0.444 e. The maximum atomic E-state index is 14.8. The minimum absolute atomic E-state index is 0.0119. The van der Waals surface area contributed by atoms with Crippen LogP contribution < -0.4 is 15.0 Å². The Kier molecular flexibility index (Phi) is 6.84. The lowest BCUT2D eigenvalue weighted by atomic mass is 9.91. The van der Waals surface area contributed by atoms with Gasteiger partial charge in [-0.15, -0.1) is 0 Å². The number of halogens is 4. The molecule has 0 aliphatic carbocycles. The van der Waals surface area contributed by atoms with Crippen molar-refractivity contribution < 1.29 is 27.4 Å². The van der Waals surface area contributed by atoms with Gasteiger partial charge in [-0.3, -0.25) is 0 Å². The molecule has 0 saturated carbocycles. The summed E-state index contributed by atoms with van der Waals surface area (Å²) in [6.45, 7) is 3.51. The molecule has 9 nitrogen and oxygen atoms in total. The Bertz CT molecular complexity index is 1370. The first-order valence-electron chi connectivity index (χ1n) is 12.1. The van der Waals surface area contributed by atoms with Gasteiger partial charge < -0.3 is 24.6 Å². The first-order valence-corrected chi connectivity index (χ1v) is 12.5. The number of hydrogen-bond donors (Lipinski definition) is 1. The van der Waals surface area contributed by atoms with Gasteiger partial charge in [0, 0.05) is 19.1 Å². The Morgan fingerprint density at radius 3 is 2.58 bits per heavy atom. The highest BCUT2D eigenvalue weighted by molar-refractivity contribution is 6.32. The molecule has 1 unspecified atom stereocenters. The van der Waals surface area contributed by atoms with Crippen LogP contribution in [0.15, 0.2) is 30.6 Å². The van der Waals surface area contributed by atoms with Gasteiger partial charge in [0.15, 0.2) is 11.6 Å². The van der Waals surface area contributed by atoms with Gasteiger partial charge in [-0.2, -0.15) is 8.78 Å². The van der Waals surface area contributed by atoms with E-state index in [1.165, 1.54) is 12.4 Å². The molecule has 3 aliphatic heterocycles. The predicted octanol–water partition coefficient (Wildman–Crippen LogP) is 5.75. The number of pyridine rings is 1. The number of rotatable bonds is 5. The quantitative estimate of drug-likeness (QED) is 0.429. The zero-order valence-electron chi connectivity index (χ0n) is 20.9. The number of piperazine rings is 1. The molecule has 1 amide bonds. The molecule has 0 spiro atoms. The molecular formula is C25H26ClF3N6O3. The Labute approximate surface area is 221 Å². The van der Waals surface area contributed by atoms with Crippen LogP contribution in [0.2, 0.25) is 5.02 Å². The highest BCUT2D eigenvalue weighted by Gasteiger charge is 2.43. The fourth-order valence-corrected chi connectivity index (χ4v) is 4.99. The molecule has 2 atom stereocenters. The average Bonchev–Trinajstić information content (AvgIpc) is 2.87. The van der Waals surface area contributed by atoms with Crippen molar-refractivity contribution in [2.45, 2.75) is 57.9 Å². The number of fused-ring (bicyclic) bond motifs is 4. The van der Waals surface area contributed by atoms with Crippen LogP contribution in [0, 0.1) is 5.82 Å². The van der Waals surface area contributed by atoms with Crippen molar-refractivity contribution in [1.29, 1.82) is 0 Å². The Morgan fingerprint density at radius 1 is 1.13 bits per heavy atom. The topological polar surface area (TPSA) is 92.7 Å². The Hall–Kier alpha value is -3.54. The summed E-state index contributed by atoms with van der Waals surface area (Å²) in [5.41, 5.74) is 0.247. The summed E-state index contributed by atoms with van der Waals surface area (Å²) in [5.74, 6) is -0.554. The molecule has 13 heteroatoms. The molecule has 3 fully saturated rings. The monoisotopic (exact) mass is 550 g/mol. The van der Waals surface area contributed by atoms with Crippen LogP contribution in [0.5, 0.6) is 5.75 Å². The number of benzene rings is 1. The van der Waals surface area contributed by atoms with E-state index < -0.39 is 28.8 Å². The van der Waals surface area contributed by atoms with Crippen molar-refractivity contribution in [2.75, 3.05) is 23.3 Å². The molecule has 3 aliphatic rings. The summed E-state index contributed by atoms with van der Waals surface area (Å²) in [6.07, 6.45) is 2.76. The highest BCUT2D eigenvalue weighted by atomic mass is 35.5. The molecule has 2 aromatic heterocycles. The zero-order valence-corrected chi connectivity index (χ0v) is 21.7. The standard InChI is InChI=1S/C25H26ClF3N6O3/c1-25(2,3)38-24(36)35-11-13-4-5-14(35)10-34(13)18-9-7-16-21(33-18)22(31-12-30-16)32-15-6-8-17(37-23(28)29)19(26)20(15)27/h6-9,12-14,23H,4-5,10-11H2,1-3H3,(H,30,31,32)/t13?,14-/m1/s1. The third-order valence-electron chi connectivity index (χ3n) is 6.44. The number of piperidine rings is 2. The molecule has 38 heavy (non-hydrogen) atoms. The predicted molar refractivity (Wildman–Crippen MR) is 136 cm³/mol. The summed E-state index contributed by atoms with van der Waals surface area (Å²) in [7, 11) is 0. The summed E-state index contributed by atoms with van der Waals surface area (Å²) in [5, 5.41) is 2.26. The van der Waals surface area contributed by atoms with E-state index in [0.29, 0.717) is 29.9 Å². The van der Waals surface area contributed by atoms with Crippen LogP contribution in [0.4, 0.5) is 35.3 Å². The van der Waals surface area contributed by atoms with Crippen LogP contribution in [-0.2, 0) is 4.74 Å². The normalized spacial score (nSPS) is 19.3. The van der Waals surface area contributed by atoms with E-state index in [-0.39, 0.29) is 29.7 Å². The van der Waals surface area contributed by atoms with Crippen molar-refractivity contribution in [3.63, 3.8) is 0 Å². The van der Waals surface area contributed by atoms with E-state index in [0.717, 1.165) is 18.9 Å². The van der Waals surface area contributed by atoms with Crippen molar-refractivity contribution in [3.8, 4) is 5.75 Å². The van der Waals surface area contributed by atoms with Gasteiger partial charge in [0.1, 0.15) is 34.0 Å². The molecule has 3 aromatic rings. The van der Waals surface area contributed by atoms with Gasteiger partial charge in [-0.05, 0) is 57.9 Å². The number of anilines is 3. The van der Waals surface area contributed by atoms with Crippen LogP contribution in [0.3, 0.4) is 0 Å². The number of nitrogens with one attached hydrogen (secondary N) is 1. The molecule has 2 bridgehead atoms. The average molecular weight is 551 g/mol. The fourth-order valence-electron chi connectivity index (χ4n) is 4.78. The van der Waals surface area contributed by atoms with Crippen molar-refractivity contribution >= 4 is 46.1 Å². The number of carbonyl (C=O) groups excluding carboxylic acids is 1. The molecule has 0 radical (unpaired) electrons. The van der Waals surface area contributed by atoms with Gasteiger partial charge in [0.25, 0.3) is 0 Å². The van der Waals surface area contributed by atoms with Crippen molar-refractivity contribution in [1.82, 2.24) is 19.9 Å². The number of ether oxygens (including phenoxy) is 2. The van der Waals surface area contributed by atoms with Crippen molar-refractivity contribution in [2.24, 2.45) is 0 Å². The second kappa shape index (κ2) is 9.97. The number of amides is 1. The lowest BCUT2D eigenvalue weighted by Gasteiger charge is -2.51. The third-order valence-corrected chi connectivity index (χ3v) is 6.79. The van der Waals surface area contributed by atoms with Crippen LogP contribution in [0.1, 0.15) is 33.6 Å². The maximum Gasteiger partial charge on any atom is 0.410 e. The Balaban J connectivity index is 1.40. The molecule has 3 saturated heterocycles. The molecule has 5 heterocycles. The number of aromatic nitrogens is 3. The number of nitrogens with zero attached hydrogens (tertiary/aromatic N) is 5. The van der Waals surface area contributed by atoms with E-state index in [4.69, 9.17) is 21.3 Å². The molecule has 1 N–H and O–H groups in total. The van der Waals surface area contributed by atoms with Crippen molar-refractivity contribution in [3.05, 3.63) is 41.4 Å². The molecular weight excluding hydrogens is 525 g/mol. The van der Waals surface area contributed by atoms with E-state index in [1.54, 1.807) is 11.0 Å². The van der Waals surface area contributed by atoms with Crippen LogP contribution in [0.25, 0.3) is 11.0 Å². The van der Waals surface area contributed by atoms with E-state index >= 15 is 0 Å². The zero-order chi connectivity index (χ0) is 27.2. The second-order valence-corrected chi connectivity index (χ2v) is 10.6. The highest BCUT2D eigenvalue weighted by Crippen LogP contribution is 2.36. The second-order valence-electron chi connectivity index (χ2n) is 10.2. The lowest BCUT2D eigenvalue weighted by Crippen LogP contribution is -2.64. The van der Waals surface area contributed by atoms with E-state index in [2.05, 4.69) is 24.9 Å². The summed E-state index contributed by atoms with van der Waals surface area (Å²) < 4.78 is 49.8. The molecule has 6 rings (SSSR count). The summed E-state index contributed by atoms with van der Waals surface area (Å²) in [4.78, 5) is 29.9. The van der Waals surface area contributed by atoms with Gasteiger partial charge in [0.2, 0.25) is 0 Å². The first-order chi connectivity index (χ1) is 18.0. The minimum atomic E-state index is -3.14. The summed E-state index contributed by atoms with van der Waals surface area (Å²) >= 11 is 5.89. The van der Waals surface area contributed by atoms with Gasteiger partial charge in [-0.25, -0.2) is 24.1 Å². The van der Waals surface area contributed by atoms with Crippen LogP contribution in [-0.4, -0.2) is 63.3 Å². The first kappa shape index (κ1) is 26.1. The fraction of sp³-hybridized carbons (Fsp3) is 0.440. The van der Waals surface area contributed by atoms with Gasteiger partial charge in [-0.1, -0.05) is 11.6 Å². The summed E-state index contributed by atoms with van der Waals surface area (Å²) in [6, 6.07) is 6.06. The van der Waals surface area contributed by atoms with E-state index in [1.807, 2.05) is 26.8 Å². The number of carbonyl (C=O) groups is 1. The molecule has 202 valence electrons. The smallest absolute Gasteiger partial charge is 0.410 e. The maximum absolute atomic E-state index is 14.8. The lowest BCUT2D eigenvalue weighted by molar-refractivity contribution is -0.0499. The van der Waals surface area contributed by atoms with E-state index in [9.17, 15) is 18.0 Å². The Morgan fingerprint density at radius 2 is 1.89 bits per heavy atom. The number of alkyl halides is 2. The van der Waals surface area contributed by atoms with Crippen LogP contribution >= 0.6 is 11.6 Å². The third kappa shape index (κ3) is 5.22. The largest absolute Gasteiger partial charge is 0.444 e. The molecule has 1 aromatic carbocycles. The number of hydrogen-bond acceptors (Lipinski definition) is 8. The SMILES string of the molecule is CC(C)(C)OC(=O)N1CC2CC[C@@H]1CN2c1ccc2ncnc(Nc3ccc(OC(F)F)c(Cl)c3F)c2n1. The van der Waals surface area contributed by atoms with Gasteiger partial charge >= 0.3 is 12.7 Å².